The van der Waals surface area contributed by atoms with Crippen LogP contribution in [0, 0.1) is 0 Å². The highest BCUT2D eigenvalue weighted by Crippen LogP contribution is 2.27. The molecular formula is C22H31N3O3. The van der Waals surface area contributed by atoms with E-state index in [9.17, 15) is 0 Å². The van der Waals surface area contributed by atoms with Crippen molar-refractivity contribution in [1.82, 2.24) is 10.6 Å². The van der Waals surface area contributed by atoms with Gasteiger partial charge in [-0.2, -0.15) is 0 Å². The fourth-order valence-corrected chi connectivity index (χ4v) is 2.66. The summed E-state index contributed by atoms with van der Waals surface area (Å²) in [6, 6.07) is 13.9. The van der Waals surface area contributed by atoms with Crippen LogP contribution in [0.2, 0.25) is 0 Å². The molecule has 0 heterocycles. The fraction of sp³-hybridized carbons (Fsp3) is 0.409. The van der Waals surface area contributed by atoms with Crippen molar-refractivity contribution in [3.63, 3.8) is 0 Å². The Balaban J connectivity index is 1.97. The maximum atomic E-state index is 6.05. The lowest BCUT2D eigenvalue weighted by atomic mass is 10.1. The van der Waals surface area contributed by atoms with Gasteiger partial charge in [-0.05, 0) is 44.5 Å². The highest BCUT2D eigenvalue weighted by molar-refractivity contribution is 5.79. The van der Waals surface area contributed by atoms with Gasteiger partial charge in [-0.3, -0.25) is 4.99 Å². The lowest BCUT2D eigenvalue weighted by molar-refractivity contribution is 0.129. The maximum Gasteiger partial charge on any atom is 0.191 e. The summed E-state index contributed by atoms with van der Waals surface area (Å²) in [6.07, 6.45) is 0. The van der Waals surface area contributed by atoms with Crippen LogP contribution < -0.4 is 24.8 Å². The van der Waals surface area contributed by atoms with E-state index in [1.807, 2.05) is 57.2 Å². The smallest absolute Gasteiger partial charge is 0.191 e. The van der Waals surface area contributed by atoms with Gasteiger partial charge in [0.1, 0.15) is 11.4 Å². The summed E-state index contributed by atoms with van der Waals surface area (Å²) >= 11 is 0. The van der Waals surface area contributed by atoms with Crippen molar-refractivity contribution < 1.29 is 14.2 Å². The summed E-state index contributed by atoms with van der Waals surface area (Å²) in [5, 5.41) is 6.65. The molecule has 0 aliphatic heterocycles. The minimum atomic E-state index is -0.247. The molecule has 6 nitrogen and oxygen atoms in total. The second-order valence-electron chi connectivity index (χ2n) is 7.29. The van der Waals surface area contributed by atoms with Crippen LogP contribution in [0.3, 0.4) is 0 Å². The van der Waals surface area contributed by atoms with Gasteiger partial charge < -0.3 is 24.8 Å². The normalized spacial score (nSPS) is 11.7. The topological polar surface area (TPSA) is 64.1 Å². The van der Waals surface area contributed by atoms with E-state index in [1.165, 1.54) is 0 Å². The molecule has 0 spiro atoms. The van der Waals surface area contributed by atoms with Gasteiger partial charge in [0, 0.05) is 25.7 Å². The van der Waals surface area contributed by atoms with Gasteiger partial charge in [0.05, 0.1) is 14.2 Å². The van der Waals surface area contributed by atoms with Crippen LogP contribution >= 0.6 is 0 Å². The molecular weight excluding hydrogens is 354 g/mol. The third-order valence-corrected chi connectivity index (χ3v) is 3.97. The van der Waals surface area contributed by atoms with Gasteiger partial charge in [-0.1, -0.05) is 24.3 Å². The number of hydrogen-bond acceptors (Lipinski definition) is 4. The molecule has 0 fully saturated rings. The summed E-state index contributed by atoms with van der Waals surface area (Å²) in [6.45, 7) is 7.35. The number of para-hydroxylation sites is 1. The second kappa shape index (κ2) is 9.88. The first kappa shape index (κ1) is 21.4. The first-order chi connectivity index (χ1) is 13.4. The van der Waals surface area contributed by atoms with E-state index in [1.54, 1.807) is 21.3 Å². The SMILES string of the molecule is CN=C(NCc1ccc(OC)c(OC)c1)NCc1ccccc1OC(C)(C)C. The highest BCUT2D eigenvalue weighted by Gasteiger charge is 2.14. The Morgan fingerprint density at radius 2 is 1.57 bits per heavy atom. The third kappa shape index (κ3) is 6.37. The number of nitrogens with one attached hydrogen (secondary N) is 2. The lowest BCUT2D eigenvalue weighted by Gasteiger charge is -2.23. The Labute approximate surface area is 167 Å². The van der Waals surface area contributed by atoms with Crippen LogP contribution in [0.15, 0.2) is 47.5 Å². The molecule has 2 aromatic carbocycles. The molecule has 28 heavy (non-hydrogen) atoms. The summed E-state index contributed by atoms with van der Waals surface area (Å²) in [5.74, 6) is 3.00. The Kier molecular flexibility index (Phi) is 7.55. The van der Waals surface area contributed by atoms with E-state index < -0.39 is 0 Å². The molecule has 0 unspecified atom stereocenters. The quantitative estimate of drug-likeness (QED) is 0.561. The molecule has 6 heteroatoms. The number of aliphatic imine (C=N–C) groups is 1. The zero-order valence-electron chi connectivity index (χ0n) is 17.6. The summed E-state index contributed by atoms with van der Waals surface area (Å²) < 4.78 is 16.7. The molecule has 0 bridgehead atoms. The minimum absolute atomic E-state index is 0.247. The largest absolute Gasteiger partial charge is 0.493 e. The van der Waals surface area contributed by atoms with Crippen LogP contribution in [-0.2, 0) is 13.1 Å². The lowest BCUT2D eigenvalue weighted by Crippen LogP contribution is -2.36. The number of ether oxygens (including phenoxy) is 3. The number of rotatable bonds is 7. The predicted octanol–water partition coefficient (Wildman–Crippen LogP) is 3.75. The van der Waals surface area contributed by atoms with Crippen molar-refractivity contribution in [3.8, 4) is 17.2 Å². The molecule has 0 atom stereocenters. The van der Waals surface area contributed by atoms with E-state index >= 15 is 0 Å². The Bertz CT molecular complexity index is 798. The number of guanidine groups is 1. The van der Waals surface area contributed by atoms with Crippen molar-refractivity contribution in [2.24, 2.45) is 4.99 Å². The van der Waals surface area contributed by atoms with Crippen LogP contribution in [0.4, 0.5) is 0 Å². The zero-order valence-corrected chi connectivity index (χ0v) is 17.6. The first-order valence-electron chi connectivity index (χ1n) is 9.28. The summed E-state index contributed by atoms with van der Waals surface area (Å²) in [7, 11) is 5.01. The standard InChI is InChI=1S/C22H31N3O3/c1-22(2,3)28-18-10-8-7-9-17(18)15-25-21(23-4)24-14-16-11-12-19(26-5)20(13-16)27-6/h7-13H,14-15H2,1-6H3,(H2,23,24,25). The number of nitrogens with zero attached hydrogens (tertiary/aromatic N) is 1. The van der Waals surface area contributed by atoms with Crippen molar-refractivity contribution in [2.75, 3.05) is 21.3 Å². The molecule has 0 aromatic heterocycles. The molecule has 152 valence electrons. The van der Waals surface area contributed by atoms with Gasteiger partial charge in [0.2, 0.25) is 0 Å². The molecule has 2 rings (SSSR count). The van der Waals surface area contributed by atoms with Crippen LogP contribution in [0.1, 0.15) is 31.9 Å². The monoisotopic (exact) mass is 385 g/mol. The van der Waals surface area contributed by atoms with E-state index in [0.29, 0.717) is 30.5 Å². The average molecular weight is 386 g/mol. The van der Waals surface area contributed by atoms with Crippen LogP contribution in [0.5, 0.6) is 17.2 Å². The molecule has 0 radical (unpaired) electrons. The van der Waals surface area contributed by atoms with Gasteiger partial charge in [-0.15, -0.1) is 0 Å². The second-order valence-corrected chi connectivity index (χ2v) is 7.29. The third-order valence-electron chi connectivity index (χ3n) is 3.97. The fourth-order valence-electron chi connectivity index (χ4n) is 2.66. The van der Waals surface area contributed by atoms with Crippen molar-refractivity contribution in [1.29, 1.82) is 0 Å². The Morgan fingerprint density at radius 1 is 0.893 bits per heavy atom. The van der Waals surface area contributed by atoms with Crippen molar-refractivity contribution >= 4 is 5.96 Å². The van der Waals surface area contributed by atoms with E-state index in [0.717, 1.165) is 16.9 Å². The van der Waals surface area contributed by atoms with E-state index in [2.05, 4.69) is 21.7 Å². The van der Waals surface area contributed by atoms with Crippen LogP contribution in [-0.4, -0.2) is 32.8 Å². The molecule has 0 saturated carbocycles. The molecule has 0 aliphatic carbocycles. The minimum Gasteiger partial charge on any atom is -0.493 e. The number of benzene rings is 2. The molecule has 2 aromatic rings. The first-order valence-corrected chi connectivity index (χ1v) is 9.28. The van der Waals surface area contributed by atoms with Crippen molar-refractivity contribution in [2.45, 2.75) is 39.5 Å². The van der Waals surface area contributed by atoms with Gasteiger partial charge in [0.15, 0.2) is 17.5 Å². The molecule has 0 aliphatic rings. The molecule has 0 amide bonds. The molecule has 2 N–H and O–H groups in total. The van der Waals surface area contributed by atoms with E-state index in [4.69, 9.17) is 14.2 Å². The van der Waals surface area contributed by atoms with Gasteiger partial charge in [0.25, 0.3) is 0 Å². The maximum absolute atomic E-state index is 6.05. The Morgan fingerprint density at radius 3 is 2.21 bits per heavy atom. The summed E-state index contributed by atoms with van der Waals surface area (Å²) in [5.41, 5.74) is 1.90. The predicted molar refractivity (Wildman–Crippen MR) is 113 cm³/mol. The van der Waals surface area contributed by atoms with Crippen molar-refractivity contribution in [3.05, 3.63) is 53.6 Å². The van der Waals surface area contributed by atoms with E-state index in [-0.39, 0.29) is 5.60 Å². The van der Waals surface area contributed by atoms with Gasteiger partial charge in [-0.25, -0.2) is 0 Å². The number of methoxy groups -OCH3 is 2. The summed E-state index contributed by atoms with van der Waals surface area (Å²) in [4.78, 5) is 4.30. The zero-order chi connectivity index (χ0) is 20.6. The van der Waals surface area contributed by atoms with Crippen LogP contribution in [0.25, 0.3) is 0 Å². The highest BCUT2D eigenvalue weighted by atomic mass is 16.5. The Hall–Kier alpha value is -2.89. The average Bonchev–Trinajstić information content (AvgIpc) is 2.67. The molecule has 0 saturated heterocycles. The van der Waals surface area contributed by atoms with Gasteiger partial charge >= 0.3 is 0 Å². The number of hydrogen-bond donors (Lipinski definition) is 2.